The second-order valence-electron chi connectivity index (χ2n) is 11.1. The Morgan fingerprint density at radius 2 is 1.47 bits per heavy atom. The van der Waals surface area contributed by atoms with Crippen molar-refractivity contribution < 1.29 is 18.6 Å². The monoisotopic (exact) mass is 452 g/mol. The Labute approximate surface area is 193 Å². The number of ether oxygens (including phenoxy) is 3. The fourth-order valence-corrected chi connectivity index (χ4v) is 10.7. The number of fused-ring (bicyclic) bond motifs is 1. The number of rotatable bonds is 5. The Morgan fingerprint density at radius 3 is 1.94 bits per heavy atom. The Hall–Kier alpha value is -1.50. The van der Waals surface area contributed by atoms with Crippen LogP contribution in [0.25, 0.3) is 0 Å². The normalized spacial score (nSPS) is 33.4. The third-order valence-corrected chi connectivity index (χ3v) is 12.5. The van der Waals surface area contributed by atoms with Gasteiger partial charge in [-0.2, -0.15) is 0 Å². The minimum absolute atomic E-state index is 0.0967. The lowest BCUT2D eigenvalue weighted by molar-refractivity contribution is -0.221. The van der Waals surface area contributed by atoms with E-state index in [9.17, 15) is 0 Å². The van der Waals surface area contributed by atoms with Crippen molar-refractivity contribution in [3.05, 3.63) is 60.7 Å². The summed E-state index contributed by atoms with van der Waals surface area (Å²) in [5.74, 6) is -0.188. The van der Waals surface area contributed by atoms with Crippen LogP contribution in [0.15, 0.2) is 60.7 Å². The van der Waals surface area contributed by atoms with Gasteiger partial charge in [0.05, 0.1) is 0 Å². The highest BCUT2D eigenvalue weighted by Crippen LogP contribution is 2.61. The lowest BCUT2D eigenvalue weighted by Crippen LogP contribution is -2.69. The molecule has 4 nitrogen and oxygen atoms in total. The van der Waals surface area contributed by atoms with E-state index in [0.29, 0.717) is 5.92 Å². The average molecular weight is 453 g/mol. The summed E-state index contributed by atoms with van der Waals surface area (Å²) >= 11 is 0. The predicted molar refractivity (Wildman–Crippen MR) is 129 cm³/mol. The van der Waals surface area contributed by atoms with Crippen LogP contribution in [-0.4, -0.2) is 38.2 Å². The fraction of sp³-hybridized carbons (Fsp3) is 0.556. The second-order valence-corrected chi connectivity index (χ2v) is 15.3. The van der Waals surface area contributed by atoms with Crippen molar-refractivity contribution in [2.45, 2.75) is 89.3 Å². The second kappa shape index (κ2) is 7.50. The van der Waals surface area contributed by atoms with Gasteiger partial charge in [-0.05, 0) is 41.6 Å². The van der Waals surface area contributed by atoms with E-state index in [-0.39, 0.29) is 29.1 Å². The third-order valence-electron chi connectivity index (χ3n) is 7.51. The molecule has 2 aliphatic heterocycles. The molecule has 1 spiro atoms. The molecule has 2 heterocycles. The van der Waals surface area contributed by atoms with Crippen LogP contribution < -0.4 is 10.4 Å². The van der Waals surface area contributed by atoms with Gasteiger partial charge in [-0.25, -0.2) is 0 Å². The molecule has 1 unspecified atom stereocenters. The maximum atomic E-state index is 7.56. The number of benzene rings is 2. The lowest BCUT2D eigenvalue weighted by Gasteiger charge is -2.46. The third kappa shape index (κ3) is 3.33. The molecule has 3 aliphatic rings. The Balaban J connectivity index is 1.66. The molecule has 3 fully saturated rings. The molecule has 172 valence electrons. The number of hydrogen-bond acceptors (Lipinski definition) is 4. The highest BCUT2D eigenvalue weighted by atomic mass is 28.4. The molecular weight excluding hydrogens is 416 g/mol. The van der Waals surface area contributed by atoms with Crippen molar-refractivity contribution in [2.24, 2.45) is 5.92 Å². The highest BCUT2D eigenvalue weighted by molar-refractivity contribution is 6.99. The minimum atomic E-state index is -2.73. The highest BCUT2D eigenvalue weighted by Gasteiger charge is 2.73. The summed E-state index contributed by atoms with van der Waals surface area (Å²) in [5.41, 5.74) is -0.312. The standard InChI is InChI=1S/C27H36O4Si/c1-7-19-18-27(19)23(22-24(30-27)29-26(5,6)28-22)31-32(25(2,3)4,20-14-10-8-11-15-20)21-16-12-9-13-17-21/h8-17,19,22-24H,7,18H2,1-6H3/t19-,22?,23+,24-,27+/m0/s1. The van der Waals surface area contributed by atoms with Gasteiger partial charge < -0.3 is 18.6 Å². The summed E-state index contributed by atoms with van der Waals surface area (Å²) in [6.07, 6.45) is 1.33. The lowest BCUT2D eigenvalue weighted by atomic mass is 10.1. The van der Waals surface area contributed by atoms with Crippen LogP contribution in [-0.2, 0) is 18.6 Å². The molecule has 1 aliphatic carbocycles. The molecule has 2 aromatic carbocycles. The summed E-state index contributed by atoms with van der Waals surface area (Å²) in [7, 11) is -2.73. The first-order chi connectivity index (χ1) is 15.1. The largest absolute Gasteiger partial charge is 0.399 e. The van der Waals surface area contributed by atoms with E-state index in [4.69, 9.17) is 18.6 Å². The van der Waals surface area contributed by atoms with Crippen LogP contribution >= 0.6 is 0 Å². The van der Waals surface area contributed by atoms with Crippen LogP contribution in [0.3, 0.4) is 0 Å². The van der Waals surface area contributed by atoms with Gasteiger partial charge in [0.1, 0.15) is 17.8 Å². The zero-order chi connectivity index (χ0) is 22.8. The zero-order valence-electron chi connectivity index (χ0n) is 20.1. The van der Waals surface area contributed by atoms with E-state index in [1.54, 1.807) is 0 Å². The van der Waals surface area contributed by atoms with Crippen LogP contribution in [0, 0.1) is 5.92 Å². The fourth-order valence-electron chi connectivity index (χ4n) is 5.97. The molecule has 5 heteroatoms. The molecule has 5 rings (SSSR count). The Kier molecular flexibility index (Phi) is 5.23. The molecule has 0 aromatic heterocycles. The van der Waals surface area contributed by atoms with Gasteiger partial charge in [0.25, 0.3) is 8.32 Å². The van der Waals surface area contributed by atoms with Crippen LogP contribution in [0.5, 0.6) is 0 Å². The maximum Gasteiger partial charge on any atom is 0.261 e. The van der Waals surface area contributed by atoms with Gasteiger partial charge in [0.2, 0.25) is 0 Å². The average Bonchev–Trinajstić information content (AvgIpc) is 3.28. The molecule has 0 amide bonds. The summed E-state index contributed by atoms with van der Waals surface area (Å²) in [6, 6.07) is 21.6. The molecule has 0 N–H and O–H groups in total. The topological polar surface area (TPSA) is 36.9 Å². The molecule has 1 saturated carbocycles. The SMILES string of the molecule is CC[C@H]1C[C@@]12O[C@@H]1OC(C)(C)OC1[C@H]2O[Si](c1ccccc1)(c1ccccc1)C(C)(C)C. The minimum Gasteiger partial charge on any atom is -0.399 e. The first-order valence-electron chi connectivity index (χ1n) is 12.0. The maximum absolute atomic E-state index is 7.56. The zero-order valence-corrected chi connectivity index (χ0v) is 21.1. The van der Waals surface area contributed by atoms with Gasteiger partial charge in [-0.3, -0.25) is 0 Å². The first-order valence-corrected chi connectivity index (χ1v) is 13.9. The van der Waals surface area contributed by atoms with Gasteiger partial charge in [0, 0.05) is 0 Å². The molecule has 2 aromatic rings. The summed E-state index contributed by atoms with van der Waals surface area (Å²) < 4.78 is 26.8. The molecule has 5 atom stereocenters. The molecule has 2 saturated heterocycles. The van der Waals surface area contributed by atoms with Crippen LogP contribution in [0.1, 0.15) is 54.4 Å². The Bertz CT molecular complexity index is 915. The summed E-state index contributed by atoms with van der Waals surface area (Å²) in [5, 5.41) is 2.47. The Morgan fingerprint density at radius 1 is 0.906 bits per heavy atom. The van der Waals surface area contributed by atoms with Crippen molar-refractivity contribution >= 4 is 18.7 Å². The van der Waals surface area contributed by atoms with Crippen molar-refractivity contribution in [3.8, 4) is 0 Å². The van der Waals surface area contributed by atoms with Gasteiger partial charge in [-0.15, -0.1) is 0 Å². The molecule has 0 bridgehead atoms. The van der Waals surface area contributed by atoms with E-state index in [1.165, 1.54) is 10.4 Å². The van der Waals surface area contributed by atoms with Crippen molar-refractivity contribution in [1.29, 1.82) is 0 Å². The smallest absolute Gasteiger partial charge is 0.261 e. The van der Waals surface area contributed by atoms with E-state index in [1.807, 2.05) is 13.8 Å². The van der Waals surface area contributed by atoms with E-state index in [2.05, 4.69) is 88.4 Å². The van der Waals surface area contributed by atoms with Crippen LogP contribution in [0.2, 0.25) is 5.04 Å². The van der Waals surface area contributed by atoms with Crippen LogP contribution in [0.4, 0.5) is 0 Å². The van der Waals surface area contributed by atoms with Gasteiger partial charge in [0.15, 0.2) is 12.1 Å². The van der Waals surface area contributed by atoms with Crippen molar-refractivity contribution in [1.82, 2.24) is 0 Å². The van der Waals surface area contributed by atoms with Crippen molar-refractivity contribution in [2.75, 3.05) is 0 Å². The van der Waals surface area contributed by atoms with E-state index >= 15 is 0 Å². The van der Waals surface area contributed by atoms with Crippen molar-refractivity contribution in [3.63, 3.8) is 0 Å². The van der Waals surface area contributed by atoms with Gasteiger partial charge >= 0.3 is 0 Å². The first kappa shape index (κ1) is 22.3. The summed E-state index contributed by atoms with van der Waals surface area (Å²) in [6.45, 7) is 13.1. The quantitative estimate of drug-likeness (QED) is 0.621. The van der Waals surface area contributed by atoms with Gasteiger partial charge in [-0.1, -0.05) is 94.8 Å². The molecule has 32 heavy (non-hydrogen) atoms. The summed E-state index contributed by atoms with van der Waals surface area (Å²) in [4.78, 5) is 0. The molecular formula is C27H36O4Si. The van der Waals surface area contributed by atoms with E-state index in [0.717, 1.165) is 12.8 Å². The molecule has 0 radical (unpaired) electrons. The van der Waals surface area contributed by atoms with E-state index < -0.39 is 14.1 Å². The number of hydrogen-bond donors (Lipinski definition) is 0. The predicted octanol–water partition coefficient (Wildman–Crippen LogP) is 4.61.